The minimum absolute atomic E-state index is 0.0852. The predicted octanol–water partition coefficient (Wildman–Crippen LogP) is -2.03. The molecule has 172 valence electrons. The van der Waals surface area contributed by atoms with Crippen LogP contribution in [0.2, 0.25) is 0 Å². The van der Waals surface area contributed by atoms with Crippen LogP contribution in [0.1, 0.15) is 32.4 Å². The molecule has 0 aromatic carbocycles. The molecule has 0 bridgehead atoms. The van der Waals surface area contributed by atoms with E-state index in [2.05, 4.69) is 25.9 Å². The second-order valence-electron chi connectivity index (χ2n) is 7.03. The maximum absolute atomic E-state index is 12.3. The van der Waals surface area contributed by atoms with Gasteiger partial charge < -0.3 is 36.9 Å². The van der Waals surface area contributed by atoms with Crippen molar-refractivity contribution in [1.82, 2.24) is 25.9 Å². The molecule has 4 atom stereocenters. The molecule has 4 unspecified atom stereocenters. The second kappa shape index (κ2) is 12.3. The molecule has 0 spiro atoms. The lowest BCUT2D eigenvalue weighted by Crippen LogP contribution is -2.54. The summed E-state index contributed by atoms with van der Waals surface area (Å²) in [5.41, 5.74) is 6.35. The van der Waals surface area contributed by atoms with E-state index in [1.54, 1.807) is 13.8 Å². The van der Waals surface area contributed by atoms with Gasteiger partial charge in [0.15, 0.2) is 0 Å². The third kappa shape index (κ3) is 8.82. The van der Waals surface area contributed by atoms with Gasteiger partial charge in [0.25, 0.3) is 0 Å². The molecular weight excluding hydrogens is 412 g/mol. The summed E-state index contributed by atoms with van der Waals surface area (Å²) in [5.74, 6) is -5.35. The molecule has 31 heavy (non-hydrogen) atoms. The number of hydrogen-bond acceptors (Lipinski definition) is 7. The van der Waals surface area contributed by atoms with E-state index in [9.17, 15) is 29.1 Å². The average Bonchev–Trinajstić information content (AvgIpc) is 3.21. The Morgan fingerprint density at radius 3 is 2.35 bits per heavy atom. The van der Waals surface area contributed by atoms with Crippen LogP contribution >= 0.6 is 0 Å². The molecule has 1 aromatic rings. The van der Waals surface area contributed by atoms with Gasteiger partial charge in [0.2, 0.25) is 17.7 Å². The smallest absolute Gasteiger partial charge is 0.326 e. The highest BCUT2D eigenvalue weighted by Gasteiger charge is 2.28. The zero-order valence-electron chi connectivity index (χ0n) is 17.3. The normalized spacial score (nSPS) is 14.5. The molecule has 1 aromatic heterocycles. The zero-order chi connectivity index (χ0) is 23.6. The van der Waals surface area contributed by atoms with Crippen LogP contribution in [-0.4, -0.2) is 74.5 Å². The minimum Gasteiger partial charge on any atom is -0.481 e. The highest BCUT2D eigenvalue weighted by Crippen LogP contribution is 2.07. The van der Waals surface area contributed by atoms with Crippen molar-refractivity contribution in [3.8, 4) is 0 Å². The van der Waals surface area contributed by atoms with Crippen LogP contribution in [0, 0.1) is 5.92 Å². The number of aliphatic carboxylic acids is 2. The number of hydrogen-bond donors (Lipinski definition) is 7. The van der Waals surface area contributed by atoms with Crippen molar-refractivity contribution in [2.45, 2.75) is 51.2 Å². The van der Waals surface area contributed by atoms with Crippen LogP contribution in [0.3, 0.4) is 0 Å². The van der Waals surface area contributed by atoms with Gasteiger partial charge in [0.1, 0.15) is 12.1 Å². The summed E-state index contributed by atoms with van der Waals surface area (Å²) in [6.45, 7) is 2.83. The number of rotatable bonds is 13. The summed E-state index contributed by atoms with van der Waals surface area (Å²) in [5, 5.41) is 25.0. The molecule has 1 heterocycles. The van der Waals surface area contributed by atoms with E-state index in [0.29, 0.717) is 12.1 Å². The van der Waals surface area contributed by atoms with Crippen LogP contribution in [0.25, 0.3) is 0 Å². The Balaban J connectivity index is 2.66. The number of nitrogens with two attached hydrogens (primary N) is 1. The van der Waals surface area contributed by atoms with Crippen molar-refractivity contribution >= 4 is 29.7 Å². The maximum Gasteiger partial charge on any atom is 0.326 e. The number of carbonyl (C=O) groups is 5. The van der Waals surface area contributed by atoms with Crippen LogP contribution in [-0.2, 0) is 30.4 Å². The summed E-state index contributed by atoms with van der Waals surface area (Å²) in [7, 11) is 0. The van der Waals surface area contributed by atoms with Crippen molar-refractivity contribution in [3.05, 3.63) is 18.2 Å². The number of aromatic nitrogens is 2. The van der Waals surface area contributed by atoms with Gasteiger partial charge in [0.05, 0.1) is 25.3 Å². The molecule has 3 amide bonds. The van der Waals surface area contributed by atoms with Gasteiger partial charge in [-0.1, -0.05) is 20.3 Å². The van der Waals surface area contributed by atoms with E-state index in [-0.39, 0.29) is 12.3 Å². The fraction of sp³-hybridized carbons (Fsp3) is 0.556. The molecule has 1 rings (SSSR count). The highest BCUT2D eigenvalue weighted by molar-refractivity contribution is 5.94. The van der Waals surface area contributed by atoms with Gasteiger partial charge in [-0.25, -0.2) is 9.78 Å². The Kier molecular flexibility index (Phi) is 10.1. The molecule has 0 fully saturated rings. The number of carbonyl (C=O) groups excluding carboxylic acids is 3. The number of nitrogens with one attached hydrogen (secondary N) is 4. The van der Waals surface area contributed by atoms with E-state index in [1.165, 1.54) is 12.5 Å². The number of imidazole rings is 1. The van der Waals surface area contributed by atoms with E-state index in [1.807, 2.05) is 0 Å². The summed E-state index contributed by atoms with van der Waals surface area (Å²) in [6, 6.07) is -3.68. The molecule has 0 aliphatic rings. The molecule has 0 radical (unpaired) electrons. The van der Waals surface area contributed by atoms with Gasteiger partial charge in [-0.05, 0) is 5.92 Å². The van der Waals surface area contributed by atoms with E-state index < -0.39 is 60.8 Å². The SMILES string of the molecule is CCC(C)C(NC(=O)CNC(=O)C(CC(=O)O)NC(=O)C(N)Cc1cnc[nH]1)C(=O)O. The number of aromatic amines is 1. The summed E-state index contributed by atoms with van der Waals surface area (Å²) < 4.78 is 0. The lowest BCUT2D eigenvalue weighted by Gasteiger charge is -2.21. The Bertz CT molecular complexity index is 782. The Hall–Kier alpha value is -3.48. The lowest BCUT2D eigenvalue weighted by molar-refractivity contribution is -0.143. The molecule has 0 saturated carbocycles. The van der Waals surface area contributed by atoms with Crippen LogP contribution < -0.4 is 21.7 Å². The first-order chi connectivity index (χ1) is 14.5. The van der Waals surface area contributed by atoms with E-state index >= 15 is 0 Å². The molecule has 13 nitrogen and oxygen atoms in total. The van der Waals surface area contributed by atoms with Crippen molar-refractivity contribution in [2.24, 2.45) is 11.7 Å². The summed E-state index contributed by atoms with van der Waals surface area (Å²) in [4.78, 5) is 65.5. The fourth-order valence-corrected chi connectivity index (χ4v) is 2.59. The summed E-state index contributed by atoms with van der Waals surface area (Å²) in [6.07, 6.45) is 2.73. The highest BCUT2D eigenvalue weighted by atomic mass is 16.4. The second-order valence-corrected chi connectivity index (χ2v) is 7.03. The first-order valence-corrected chi connectivity index (χ1v) is 9.60. The predicted molar refractivity (Wildman–Crippen MR) is 106 cm³/mol. The van der Waals surface area contributed by atoms with Crippen LogP contribution in [0.15, 0.2) is 12.5 Å². The first kappa shape index (κ1) is 25.6. The number of nitrogens with zero attached hydrogens (tertiary/aromatic N) is 1. The monoisotopic (exact) mass is 440 g/mol. The van der Waals surface area contributed by atoms with Gasteiger partial charge in [-0.2, -0.15) is 0 Å². The molecule has 13 heteroatoms. The topological polar surface area (TPSA) is 217 Å². The van der Waals surface area contributed by atoms with Gasteiger partial charge >= 0.3 is 11.9 Å². The van der Waals surface area contributed by atoms with Crippen LogP contribution in [0.5, 0.6) is 0 Å². The Morgan fingerprint density at radius 2 is 1.84 bits per heavy atom. The molecule has 0 saturated heterocycles. The maximum atomic E-state index is 12.3. The third-order valence-corrected chi connectivity index (χ3v) is 4.56. The van der Waals surface area contributed by atoms with Crippen molar-refractivity contribution in [2.75, 3.05) is 6.54 Å². The molecular formula is C18H28N6O7. The standard InChI is InChI=1S/C18H28N6O7/c1-3-9(2)15(18(30)31)24-13(25)7-21-17(29)12(5-14(26)27)23-16(28)11(19)4-10-6-20-8-22-10/h6,8-9,11-12,15H,3-5,7,19H2,1-2H3,(H,20,22)(H,21,29)(H,23,28)(H,24,25)(H,26,27)(H,30,31). The minimum atomic E-state index is -1.48. The van der Waals surface area contributed by atoms with E-state index in [0.717, 1.165) is 0 Å². The number of carboxylic acids is 2. The molecule has 0 aliphatic heterocycles. The number of amides is 3. The zero-order valence-corrected chi connectivity index (χ0v) is 17.3. The van der Waals surface area contributed by atoms with Gasteiger partial charge in [-0.15, -0.1) is 0 Å². The molecule has 8 N–H and O–H groups in total. The number of carboxylic acid groups (broad SMARTS) is 2. The van der Waals surface area contributed by atoms with Gasteiger partial charge in [-0.3, -0.25) is 19.2 Å². The van der Waals surface area contributed by atoms with Crippen LogP contribution in [0.4, 0.5) is 0 Å². The van der Waals surface area contributed by atoms with Crippen molar-refractivity contribution in [1.29, 1.82) is 0 Å². The Morgan fingerprint density at radius 1 is 1.16 bits per heavy atom. The van der Waals surface area contributed by atoms with E-state index in [4.69, 9.17) is 10.8 Å². The third-order valence-electron chi connectivity index (χ3n) is 4.56. The molecule has 0 aliphatic carbocycles. The summed E-state index contributed by atoms with van der Waals surface area (Å²) >= 11 is 0. The quantitative estimate of drug-likeness (QED) is 0.180. The van der Waals surface area contributed by atoms with Gasteiger partial charge in [0, 0.05) is 18.3 Å². The number of H-pyrrole nitrogens is 1. The lowest BCUT2D eigenvalue weighted by atomic mass is 9.99. The average molecular weight is 440 g/mol. The largest absolute Gasteiger partial charge is 0.481 e. The van der Waals surface area contributed by atoms with Crippen molar-refractivity contribution in [3.63, 3.8) is 0 Å². The van der Waals surface area contributed by atoms with Crippen molar-refractivity contribution < 1.29 is 34.2 Å². The fourth-order valence-electron chi connectivity index (χ4n) is 2.59. The first-order valence-electron chi connectivity index (χ1n) is 9.60. The Labute approximate surface area is 178 Å².